The number of thiophene rings is 1. The van der Waals surface area contributed by atoms with Crippen molar-refractivity contribution >= 4 is 23.1 Å². The maximum Gasteiger partial charge on any atom is 0.336 e. The van der Waals surface area contributed by atoms with Gasteiger partial charge in [0.15, 0.2) is 5.78 Å². The molecule has 6 nitrogen and oxygen atoms in total. The first-order chi connectivity index (χ1) is 17.4. The van der Waals surface area contributed by atoms with Crippen molar-refractivity contribution in [3.63, 3.8) is 0 Å². The molecule has 1 aliphatic carbocycles. The lowest BCUT2D eigenvalue weighted by atomic mass is 9.72. The molecule has 3 heterocycles. The molecule has 36 heavy (non-hydrogen) atoms. The van der Waals surface area contributed by atoms with Gasteiger partial charge in [-0.05, 0) is 57.5 Å². The minimum Gasteiger partial charge on any atom is -0.491 e. The Labute approximate surface area is 216 Å². The third kappa shape index (κ3) is 5.00. The molecule has 0 saturated carbocycles. The van der Waals surface area contributed by atoms with E-state index in [2.05, 4.69) is 11.4 Å². The average molecular weight is 508 g/mol. The maximum atomic E-state index is 13.8. The molecule has 1 fully saturated rings. The fourth-order valence-electron chi connectivity index (χ4n) is 5.45. The lowest BCUT2D eigenvalue weighted by Crippen LogP contribution is -2.36. The first-order valence-corrected chi connectivity index (χ1v) is 13.6. The van der Waals surface area contributed by atoms with Crippen molar-refractivity contribution in [3.8, 4) is 5.75 Å². The Bertz CT molecular complexity index is 1190. The van der Waals surface area contributed by atoms with Crippen LogP contribution in [0.2, 0.25) is 0 Å². The normalized spacial score (nSPS) is 24.1. The summed E-state index contributed by atoms with van der Waals surface area (Å²) in [7, 11) is 0. The van der Waals surface area contributed by atoms with Crippen LogP contribution in [0.25, 0.3) is 0 Å². The van der Waals surface area contributed by atoms with Crippen molar-refractivity contribution in [1.29, 1.82) is 0 Å². The number of Topliss-reactive ketones (excluding diaryl/α,β-unsaturated/α-hetero) is 1. The van der Waals surface area contributed by atoms with E-state index in [0.29, 0.717) is 29.9 Å². The predicted molar refractivity (Wildman–Crippen MR) is 139 cm³/mol. The number of nitrogens with one attached hydrogen (secondary N) is 1. The van der Waals surface area contributed by atoms with Gasteiger partial charge in [-0.3, -0.25) is 4.79 Å². The molecular weight excluding hydrogens is 474 g/mol. The Morgan fingerprint density at radius 3 is 2.75 bits per heavy atom. The van der Waals surface area contributed by atoms with Crippen LogP contribution in [0, 0.1) is 0 Å². The number of dihydropyridines is 1. The van der Waals surface area contributed by atoms with E-state index < -0.39 is 11.9 Å². The van der Waals surface area contributed by atoms with Gasteiger partial charge in [0.25, 0.3) is 0 Å². The number of allylic oxidation sites excluding steroid dienone is 3. The second kappa shape index (κ2) is 10.6. The van der Waals surface area contributed by atoms with Crippen LogP contribution in [-0.2, 0) is 19.1 Å². The minimum absolute atomic E-state index is 0.0495. The van der Waals surface area contributed by atoms with Crippen LogP contribution < -0.4 is 10.1 Å². The van der Waals surface area contributed by atoms with Crippen molar-refractivity contribution in [2.75, 3.05) is 13.2 Å². The van der Waals surface area contributed by atoms with Crippen LogP contribution >= 0.6 is 11.3 Å². The molecule has 0 unspecified atom stereocenters. The lowest BCUT2D eigenvalue weighted by Gasteiger charge is -2.37. The van der Waals surface area contributed by atoms with E-state index in [4.69, 9.17) is 14.2 Å². The van der Waals surface area contributed by atoms with Gasteiger partial charge in [-0.2, -0.15) is 0 Å². The third-order valence-electron chi connectivity index (χ3n) is 7.01. The van der Waals surface area contributed by atoms with E-state index in [-0.39, 0.29) is 30.5 Å². The van der Waals surface area contributed by atoms with Crippen molar-refractivity contribution < 1.29 is 23.8 Å². The van der Waals surface area contributed by atoms with E-state index >= 15 is 0 Å². The molecule has 0 bridgehead atoms. The first kappa shape index (κ1) is 24.8. The van der Waals surface area contributed by atoms with Gasteiger partial charge in [-0.25, -0.2) is 4.79 Å². The number of ether oxygens (including phenoxy) is 3. The van der Waals surface area contributed by atoms with E-state index in [1.165, 1.54) is 4.88 Å². The molecular formula is C29H33NO5S. The molecule has 0 spiro atoms. The zero-order valence-corrected chi connectivity index (χ0v) is 21.9. The SMILES string of the molecule is CC1=C(C(=O)OC[C@@H]2CCCO2)[C@H](c2ccccc2OC(C)C)C2=C(C[C@H](c3cccs3)CC2=O)N1. The van der Waals surface area contributed by atoms with Gasteiger partial charge in [0.05, 0.1) is 23.7 Å². The molecule has 3 atom stereocenters. The number of benzene rings is 1. The fourth-order valence-corrected chi connectivity index (χ4v) is 6.28. The molecule has 7 heteroatoms. The monoisotopic (exact) mass is 507 g/mol. The molecule has 1 aromatic carbocycles. The number of carbonyl (C=O) groups excluding carboxylic acids is 2. The van der Waals surface area contributed by atoms with Crippen molar-refractivity contribution in [2.24, 2.45) is 0 Å². The first-order valence-electron chi connectivity index (χ1n) is 12.7. The summed E-state index contributed by atoms with van der Waals surface area (Å²) in [5.41, 5.74) is 3.54. The van der Waals surface area contributed by atoms with Crippen LogP contribution in [0.5, 0.6) is 5.75 Å². The highest BCUT2D eigenvalue weighted by Crippen LogP contribution is 2.48. The average Bonchev–Trinajstić information content (AvgIpc) is 3.56. The van der Waals surface area contributed by atoms with Crippen LogP contribution in [0.4, 0.5) is 0 Å². The highest BCUT2D eigenvalue weighted by molar-refractivity contribution is 7.10. The van der Waals surface area contributed by atoms with Crippen LogP contribution in [0.15, 0.2) is 64.3 Å². The molecule has 0 amide bonds. The van der Waals surface area contributed by atoms with Gasteiger partial charge in [0.1, 0.15) is 12.4 Å². The molecule has 1 N–H and O–H groups in total. The molecule has 1 saturated heterocycles. The summed E-state index contributed by atoms with van der Waals surface area (Å²) in [4.78, 5) is 28.5. The predicted octanol–water partition coefficient (Wildman–Crippen LogP) is 5.62. The Morgan fingerprint density at radius 1 is 1.19 bits per heavy atom. The molecule has 190 valence electrons. The van der Waals surface area contributed by atoms with Gasteiger partial charge < -0.3 is 19.5 Å². The molecule has 5 rings (SSSR count). The highest BCUT2D eigenvalue weighted by atomic mass is 32.1. The number of hydrogen-bond donors (Lipinski definition) is 1. The van der Waals surface area contributed by atoms with Crippen molar-refractivity contribution in [1.82, 2.24) is 5.32 Å². The Morgan fingerprint density at radius 2 is 2.03 bits per heavy atom. The maximum absolute atomic E-state index is 13.8. The van der Waals surface area contributed by atoms with E-state index in [9.17, 15) is 9.59 Å². The topological polar surface area (TPSA) is 73.9 Å². The van der Waals surface area contributed by atoms with Gasteiger partial charge >= 0.3 is 5.97 Å². The van der Waals surface area contributed by atoms with Crippen LogP contribution in [-0.4, -0.2) is 37.2 Å². The zero-order valence-electron chi connectivity index (χ0n) is 21.0. The van der Waals surface area contributed by atoms with Crippen molar-refractivity contribution in [3.05, 3.63) is 74.8 Å². The van der Waals surface area contributed by atoms with E-state index in [1.54, 1.807) is 11.3 Å². The third-order valence-corrected chi connectivity index (χ3v) is 8.04. The fraction of sp³-hybridized carbons (Fsp3) is 0.448. The molecule has 3 aliphatic rings. The molecule has 2 aliphatic heterocycles. The number of para-hydroxylation sites is 1. The Balaban J connectivity index is 1.55. The molecule has 2 aromatic rings. The van der Waals surface area contributed by atoms with Gasteiger partial charge in [0.2, 0.25) is 0 Å². The molecule has 0 radical (unpaired) electrons. The summed E-state index contributed by atoms with van der Waals surface area (Å²) in [6.07, 6.45) is 2.88. The van der Waals surface area contributed by atoms with E-state index in [0.717, 1.165) is 36.2 Å². The van der Waals surface area contributed by atoms with Gasteiger partial charge in [-0.1, -0.05) is 24.3 Å². The van der Waals surface area contributed by atoms with Crippen LogP contribution in [0.1, 0.15) is 68.7 Å². The van der Waals surface area contributed by atoms with Crippen LogP contribution in [0.3, 0.4) is 0 Å². The van der Waals surface area contributed by atoms with E-state index in [1.807, 2.05) is 56.5 Å². The summed E-state index contributed by atoms with van der Waals surface area (Å²) in [6, 6.07) is 11.8. The minimum atomic E-state index is -0.551. The molecule has 1 aromatic heterocycles. The quantitative estimate of drug-likeness (QED) is 0.491. The van der Waals surface area contributed by atoms with Gasteiger partial charge in [-0.15, -0.1) is 11.3 Å². The number of carbonyl (C=O) groups is 2. The number of ketones is 1. The summed E-state index contributed by atoms with van der Waals surface area (Å²) in [6.45, 7) is 6.75. The van der Waals surface area contributed by atoms with Gasteiger partial charge in [0, 0.05) is 46.4 Å². The Kier molecular flexibility index (Phi) is 7.30. The summed E-state index contributed by atoms with van der Waals surface area (Å²) in [5, 5.41) is 5.48. The second-order valence-electron chi connectivity index (χ2n) is 9.97. The smallest absolute Gasteiger partial charge is 0.336 e. The summed E-state index contributed by atoms with van der Waals surface area (Å²) < 4.78 is 17.6. The standard InChI is InChI=1S/C29H33NO5S/c1-17(2)35-24-10-5-4-9-21(24)27-26(29(32)34-16-20-8-6-12-33-20)18(3)30-22-14-19(15-23(31)28(22)27)25-11-7-13-36-25/h4-5,7,9-11,13,17,19-20,27,30H,6,8,12,14-16H2,1-3H3/t19-,20-,27-/m0/s1. The number of esters is 1. The van der Waals surface area contributed by atoms with Crippen molar-refractivity contribution in [2.45, 2.75) is 70.5 Å². The zero-order chi connectivity index (χ0) is 25.2. The second-order valence-corrected chi connectivity index (χ2v) is 10.9. The number of rotatable bonds is 7. The number of hydrogen-bond acceptors (Lipinski definition) is 7. The highest BCUT2D eigenvalue weighted by Gasteiger charge is 2.42. The largest absolute Gasteiger partial charge is 0.491 e. The summed E-state index contributed by atoms with van der Waals surface area (Å²) >= 11 is 1.68. The Hall–Kier alpha value is -2.90. The lowest BCUT2D eigenvalue weighted by molar-refractivity contribution is -0.142. The summed E-state index contributed by atoms with van der Waals surface area (Å²) in [5.74, 6) is -0.1000.